The largest absolute Gasteiger partial charge is 0.383 e. The maximum Gasteiger partial charge on any atom is 0.288 e. The van der Waals surface area contributed by atoms with Gasteiger partial charge in [0.05, 0.1) is 16.7 Å². The molecule has 0 unspecified atom stereocenters. The number of hydrogen-bond donors (Lipinski definition) is 2. The summed E-state index contributed by atoms with van der Waals surface area (Å²) < 4.78 is 12.7. The van der Waals surface area contributed by atoms with E-state index in [2.05, 4.69) is 15.3 Å². The third kappa shape index (κ3) is 2.83. The van der Waals surface area contributed by atoms with Crippen LogP contribution in [0.3, 0.4) is 0 Å². The number of carbonyl (C=O) groups is 1. The van der Waals surface area contributed by atoms with Gasteiger partial charge >= 0.3 is 0 Å². The maximum atomic E-state index is 12.7. The van der Waals surface area contributed by atoms with E-state index >= 15 is 0 Å². The van der Waals surface area contributed by atoms with Gasteiger partial charge in [0.15, 0.2) is 0 Å². The van der Waals surface area contributed by atoms with Crippen LogP contribution in [0.4, 0.5) is 21.7 Å². The number of amides is 1. The van der Waals surface area contributed by atoms with Crippen molar-refractivity contribution in [3.8, 4) is 0 Å². The molecule has 0 fully saturated rings. The molecule has 0 spiro atoms. The van der Waals surface area contributed by atoms with E-state index in [1.54, 1.807) is 0 Å². The lowest BCUT2D eigenvalue weighted by Gasteiger charge is -2.05. The second-order valence-corrected chi connectivity index (χ2v) is 3.70. The lowest BCUT2D eigenvalue weighted by Crippen LogP contribution is -2.16. The third-order valence-corrected chi connectivity index (χ3v) is 2.33. The summed E-state index contributed by atoms with van der Waals surface area (Å²) in [5.74, 6) is -1.35. The molecule has 0 aliphatic carbocycles. The van der Waals surface area contributed by atoms with Crippen LogP contribution in [0.15, 0.2) is 30.6 Å². The second-order valence-electron chi connectivity index (χ2n) is 3.70. The van der Waals surface area contributed by atoms with Crippen LogP contribution in [-0.4, -0.2) is 20.8 Å². The van der Waals surface area contributed by atoms with Crippen LogP contribution in [0.25, 0.3) is 0 Å². The number of pyridine rings is 2. The number of carbonyl (C=O) groups excluding carboxylic acids is 1. The van der Waals surface area contributed by atoms with E-state index in [1.165, 1.54) is 6.07 Å². The lowest BCUT2D eigenvalue weighted by atomic mass is 10.2. The number of nitrogens with one attached hydrogen (secondary N) is 1. The Morgan fingerprint density at radius 1 is 1.35 bits per heavy atom. The molecule has 0 bridgehead atoms. The standard InChI is InChI=1S/C11H8FN5O3/c12-6-1-2-9(14-4-6)16-11(18)8-3-7(17(19)20)5-15-10(8)13/h1-5H,(H2,13,15)(H,14,16,18). The fourth-order valence-corrected chi connectivity index (χ4v) is 1.38. The minimum Gasteiger partial charge on any atom is -0.383 e. The van der Waals surface area contributed by atoms with E-state index in [-0.39, 0.29) is 22.9 Å². The molecule has 0 atom stereocenters. The fourth-order valence-electron chi connectivity index (χ4n) is 1.38. The molecule has 2 rings (SSSR count). The van der Waals surface area contributed by atoms with Crippen molar-refractivity contribution in [2.45, 2.75) is 0 Å². The van der Waals surface area contributed by atoms with E-state index in [1.807, 2.05) is 0 Å². The Bertz CT molecular complexity index is 674. The highest BCUT2D eigenvalue weighted by Crippen LogP contribution is 2.18. The average Bonchev–Trinajstić information content (AvgIpc) is 2.41. The molecule has 9 heteroatoms. The highest BCUT2D eigenvalue weighted by molar-refractivity contribution is 6.07. The van der Waals surface area contributed by atoms with Gasteiger partial charge in [0.1, 0.15) is 23.6 Å². The van der Waals surface area contributed by atoms with E-state index in [4.69, 9.17) is 5.73 Å². The number of nitrogen functional groups attached to an aromatic ring is 1. The molecule has 2 heterocycles. The predicted molar refractivity (Wildman–Crippen MR) is 67.5 cm³/mol. The predicted octanol–water partition coefficient (Wildman–Crippen LogP) is 1.36. The Morgan fingerprint density at radius 3 is 2.70 bits per heavy atom. The molecule has 0 aliphatic heterocycles. The van der Waals surface area contributed by atoms with Gasteiger partial charge in [0.25, 0.3) is 11.6 Å². The molecule has 20 heavy (non-hydrogen) atoms. The molecule has 0 radical (unpaired) electrons. The summed E-state index contributed by atoms with van der Waals surface area (Å²) in [6, 6.07) is 3.35. The van der Waals surface area contributed by atoms with E-state index in [0.717, 1.165) is 24.5 Å². The number of aromatic nitrogens is 2. The van der Waals surface area contributed by atoms with Crippen LogP contribution < -0.4 is 11.1 Å². The van der Waals surface area contributed by atoms with Crippen LogP contribution >= 0.6 is 0 Å². The number of hydrogen-bond acceptors (Lipinski definition) is 6. The average molecular weight is 277 g/mol. The highest BCUT2D eigenvalue weighted by atomic mass is 19.1. The van der Waals surface area contributed by atoms with Crippen molar-refractivity contribution in [2.75, 3.05) is 11.1 Å². The first-order valence-corrected chi connectivity index (χ1v) is 5.30. The Hall–Kier alpha value is -3.10. The molecule has 0 saturated heterocycles. The Morgan fingerprint density at radius 2 is 2.10 bits per heavy atom. The summed E-state index contributed by atoms with van der Waals surface area (Å²) in [6.07, 6.45) is 1.87. The molecule has 3 N–H and O–H groups in total. The van der Waals surface area contributed by atoms with Crippen molar-refractivity contribution >= 4 is 23.2 Å². The SMILES string of the molecule is Nc1ncc([N+](=O)[O-])cc1C(=O)Nc1ccc(F)cn1. The number of nitrogens with two attached hydrogens (primary N) is 1. The van der Waals surface area contributed by atoms with E-state index < -0.39 is 16.6 Å². The Labute approximate surface area is 111 Å². The molecule has 0 saturated carbocycles. The zero-order chi connectivity index (χ0) is 14.7. The van der Waals surface area contributed by atoms with Crippen LogP contribution in [0.2, 0.25) is 0 Å². The summed E-state index contributed by atoms with van der Waals surface area (Å²) in [5.41, 5.74) is 4.97. The van der Waals surface area contributed by atoms with Gasteiger partial charge in [-0.3, -0.25) is 14.9 Å². The number of anilines is 2. The van der Waals surface area contributed by atoms with Gasteiger partial charge in [0.2, 0.25) is 0 Å². The summed E-state index contributed by atoms with van der Waals surface area (Å²) in [5, 5.41) is 13.0. The first kappa shape index (κ1) is 13.3. The van der Waals surface area contributed by atoms with Crippen LogP contribution in [0, 0.1) is 15.9 Å². The number of halogens is 1. The lowest BCUT2D eigenvalue weighted by molar-refractivity contribution is -0.385. The zero-order valence-corrected chi connectivity index (χ0v) is 9.91. The maximum absolute atomic E-state index is 12.7. The Balaban J connectivity index is 2.26. The monoisotopic (exact) mass is 277 g/mol. The van der Waals surface area contributed by atoms with Crippen molar-refractivity contribution in [1.82, 2.24) is 9.97 Å². The van der Waals surface area contributed by atoms with Gasteiger partial charge in [0, 0.05) is 6.07 Å². The van der Waals surface area contributed by atoms with Crippen LogP contribution in [0.1, 0.15) is 10.4 Å². The molecule has 1 amide bonds. The van der Waals surface area contributed by atoms with Crippen molar-refractivity contribution in [1.29, 1.82) is 0 Å². The molecule has 0 aliphatic rings. The van der Waals surface area contributed by atoms with Crippen LogP contribution in [0.5, 0.6) is 0 Å². The van der Waals surface area contributed by atoms with Crippen molar-refractivity contribution in [3.63, 3.8) is 0 Å². The van der Waals surface area contributed by atoms with Crippen molar-refractivity contribution in [3.05, 3.63) is 52.1 Å². The summed E-state index contributed by atoms with van der Waals surface area (Å²) in [4.78, 5) is 29.0. The number of nitro groups is 1. The second kappa shape index (κ2) is 5.26. The fraction of sp³-hybridized carbons (Fsp3) is 0. The molecule has 2 aromatic rings. The van der Waals surface area contributed by atoms with Crippen molar-refractivity contribution in [2.24, 2.45) is 0 Å². The first-order chi connectivity index (χ1) is 9.47. The Kier molecular flexibility index (Phi) is 3.51. The van der Waals surface area contributed by atoms with Gasteiger partial charge < -0.3 is 11.1 Å². The molecule has 0 aromatic carbocycles. The van der Waals surface area contributed by atoms with Gasteiger partial charge in [-0.05, 0) is 12.1 Å². The molecule has 8 nitrogen and oxygen atoms in total. The molecule has 102 valence electrons. The zero-order valence-electron chi connectivity index (χ0n) is 9.91. The smallest absolute Gasteiger partial charge is 0.288 e. The van der Waals surface area contributed by atoms with E-state index in [9.17, 15) is 19.3 Å². The summed E-state index contributed by atoms with van der Waals surface area (Å²) in [6.45, 7) is 0. The van der Waals surface area contributed by atoms with Gasteiger partial charge in [-0.15, -0.1) is 0 Å². The van der Waals surface area contributed by atoms with Gasteiger partial charge in [-0.25, -0.2) is 14.4 Å². The van der Waals surface area contributed by atoms with Gasteiger partial charge in [-0.2, -0.15) is 0 Å². The van der Waals surface area contributed by atoms with E-state index in [0.29, 0.717) is 0 Å². The first-order valence-electron chi connectivity index (χ1n) is 5.30. The van der Waals surface area contributed by atoms with Crippen LogP contribution in [-0.2, 0) is 0 Å². The molecule has 2 aromatic heterocycles. The van der Waals surface area contributed by atoms with Crippen molar-refractivity contribution < 1.29 is 14.1 Å². The number of rotatable bonds is 3. The molecular formula is C11H8FN5O3. The quantitative estimate of drug-likeness (QED) is 0.644. The minimum absolute atomic E-state index is 0.0855. The normalized spacial score (nSPS) is 10.1. The summed E-state index contributed by atoms with van der Waals surface area (Å²) >= 11 is 0. The minimum atomic E-state index is -0.724. The summed E-state index contributed by atoms with van der Waals surface area (Å²) in [7, 11) is 0. The highest BCUT2D eigenvalue weighted by Gasteiger charge is 2.17. The molecular weight excluding hydrogens is 269 g/mol. The topological polar surface area (TPSA) is 124 Å². The third-order valence-electron chi connectivity index (χ3n) is 2.33. The number of nitrogens with zero attached hydrogens (tertiary/aromatic N) is 3. The van der Waals surface area contributed by atoms with Gasteiger partial charge in [-0.1, -0.05) is 0 Å².